The molecule has 2 aromatic rings. The first kappa shape index (κ1) is 14.1. The molecule has 0 aliphatic carbocycles. The van der Waals surface area contributed by atoms with E-state index in [0.29, 0.717) is 18.0 Å². The number of nitrogens with zero attached hydrogens (tertiary/aromatic N) is 1. The lowest BCUT2D eigenvalue weighted by molar-refractivity contribution is -0.380. The molecular weight excluding hydrogens is 280 g/mol. The van der Waals surface area contributed by atoms with E-state index in [9.17, 15) is 10.1 Å². The zero-order valence-corrected chi connectivity index (χ0v) is 11.9. The molecule has 0 saturated carbocycles. The molecular formula is C13H14N2O4S. The van der Waals surface area contributed by atoms with Gasteiger partial charge in [-0.05, 0) is 6.07 Å². The van der Waals surface area contributed by atoms with Crippen molar-refractivity contribution in [1.29, 1.82) is 0 Å². The first-order chi connectivity index (χ1) is 9.62. The summed E-state index contributed by atoms with van der Waals surface area (Å²) < 4.78 is 10.4. The summed E-state index contributed by atoms with van der Waals surface area (Å²) in [6.07, 6.45) is 0. The Morgan fingerprint density at radius 1 is 1.20 bits per heavy atom. The molecule has 0 bridgehead atoms. The number of hydrogen-bond donors (Lipinski definition) is 1. The molecule has 1 heterocycles. The fourth-order valence-electron chi connectivity index (χ4n) is 1.66. The third kappa shape index (κ3) is 3.39. The van der Waals surface area contributed by atoms with Crippen LogP contribution in [-0.4, -0.2) is 19.1 Å². The van der Waals surface area contributed by atoms with Crippen molar-refractivity contribution in [2.45, 2.75) is 6.54 Å². The minimum Gasteiger partial charge on any atom is -0.497 e. The van der Waals surface area contributed by atoms with Crippen LogP contribution in [0, 0.1) is 10.1 Å². The highest BCUT2D eigenvalue weighted by Crippen LogP contribution is 2.28. The van der Waals surface area contributed by atoms with E-state index in [1.54, 1.807) is 26.4 Å². The molecule has 6 nitrogen and oxygen atoms in total. The Balaban J connectivity index is 2.07. The van der Waals surface area contributed by atoms with Crippen LogP contribution in [0.3, 0.4) is 0 Å². The Hall–Kier alpha value is -2.28. The van der Waals surface area contributed by atoms with Gasteiger partial charge in [0, 0.05) is 41.4 Å². The summed E-state index contributed by atoms with van der Waals surface area (Å²) in [5.74, 6) is 1.37. The number of methoxy groups -OCH3 is 2. The Morgan fingerprint density at radius 2 is 1.85 bits per heavy atom. The number of ether oxygens (including phenoxy) is 2. The molecule has 0 saturated heterocycles. The van der Waals surface area contributed by atoms with Crippen molar-refractivity contribution in [3.05, 3.63) is 45.3 Å². The van der Waals surface area contributed by atoms with Gasteiger partial charge >= 0.3 is 5.00 Å². The third-order valence-electron chi connectivity index (χ3n) is 2.65. The van der Waals surface area contributed by atoms with Gasteiger partial charge < -0.3 is 14.8 Å². The number of nitro groups is 1. The SMILES string of the molecule is COc1cc(NCc2ccc([N+](=O)[O-])s2)cc(OC)c1. The van der Waals surface area contributed by atoms with Crippen LogP contribution in [-0.2, 0) is 6.54 Å². The van der Waals surface area contributed by atoms with Gasteiger partial charge in [0.05, 0.1) is 19.1 Å². The van der Waals surface area contributed by atoms with E-state index in [4.69, 9.17) is 9.47 Å². The molecule has 1 aromatic carbocycles. The van der Waals surface area contributed by atoms with Crippen LogP contribution in [0.5, 0.6) is 11.5 Å². The summed E-state index contributed by atoms with van der Waals surface area (Å²) in [4.78, 5) is 11.1. The predicted molar refractivity (Wildman–Crippen MR) is 77.8 cm³/mol. The average Bonchev–Trinajstić information content (AvgIpc) is 2.93. The van der Waals surface area contributed by atoms with Crippen molar-refractivity contribution in [1.82, 2.24) is 0 Å². The van der Waals surface area contributed by atoms with E-state index in [0.717, 1.165) is 21.9 Å². The molecule has 0 amide bonds. The first-order valence-electron chi connectivity index (χ1n) is 5.82. The lowest BCUT2D eigenvalue weighted by atomic mass is 10.2. The quantitative estimate of drug-likeness (QED) is 0.653. The fraction of sp³-hybridized carbons (Fsp3) is 0.231. The molecule has 1 aromatic heterocycles. The smallest absolute Gasteiger partial charge is 0.324 e. The van der Waals surface area contributed by atoms with Crippen molar-refractivity contribution >= 4 is 22.0 Å². The number of thiophene rings is 1. The molecule has 0 atom stereocenters. The molecule has 0 aliphatic rings. The topological polar surface area (TPSA) is 73.6 Å². The van der Waals surface area contributed by atoms with Crippen LogP contribution >= 0.6 is 11.3 Å². The third-order valence-corrected chi connectivity index (χ3v) is 3.68. The molecule has 0 spiro atoms. The lowest BCUT2D eigenvalue weighted by Crippen LogP contribution is -1.98. The van der Waals surface area contributed by atoms with E-state index in [2.05, 4.69) is 5.32 Å². The summed E-state index contributed by atoms with van der Waals surface area (Å²) in [5.41, 5.74) is 0.831. The number of nitrogens with one attached hydrogen (secondary N) is 1. The largest absolute Gasteiger partial charge is 0.497 e. The first-order valence-corrected chi connectivity index (χ1v) is 6.64. The highest BCUT2D eigenvalue weighted by atomic mass is 32.1. The van der Waals surface area contributed by atoms with Gasteiger partial charge in [0.25, 0.3) is 0 Å². The van der Waals surface area contributed by atoms with E-state index in [1.165, 1.54) is 6.07 Å². The minimum atomic E-state index is -0.386. The van der Waals surface area contributed by atoms with Crippen molar-refractivity contribution in [2.75, 3.05) is 19.5 Å². The Morgan fingerprint density at radius 3 is 2.35 bits per heavy atom. The van der Waals surface area contributed by atoms with Crippen molar-refractivity contribution in [3.63, 3.8) is 0 Å². The van der Waals surface area contributed by atoms with Crippen LogP contribution in [0.2, 0.25) is 0 Å². The summed E-state index contributed by atoms with van der Waals surface area (Å²) >= 11 is 1.16. The summed E-state index contributed by atoms with van der Waals surface area (Å²) in [5, 5.41) is 14.0. The van der Waals surface area contributed by atoms with Crippen LogP contribution in [0.4, 0.5) is 10.7 Å². The molecule has 1 N–H and O–H groups in total. The van der Waals surface area contributed by atoms with Crippen molar-refractivity contribution < 1.29 is 14.4 Å². The monoisotopic (exact) mass is 294 g/mol. The lowest BCUT2D eigenvalue weighted by Gasteiger charge is -2.09. The molecule has 2 rings (SSSR count). The van der Waals surface area contributed by atoms with Gasteiger partial charge in [-0.25, -0.2) is 0 Å². The zero-order chi connectivity index (χ0) is 14.5. The van der Waals surface area contributed by atoms with Crippen LogP contribution in [0.25, 0.3) is 0 Å². The van der Waals surface area contributed by atoms with E-state index in [1.807, 2.05) is 12.1 Å². The molecule has 7 heteroatoms. The molecule has 0 aliphatic heterocycles. The minimum absolute atomic E-state index is 0.144. The maximum absolute atomic E-state index is 10.6. The second kappa shape index (κ2) is 6.25. The Bertz CT molecular complexity index is 590. The van der Waals surface area contributed by atoms with E-state index in [-0.39, 0.29) is 9.92 Å². The van der Waals surface area contributed by atoms with Crippen molar-refractivity contribution in [2.24, 2.45) is 0 Å². The van der Waals surface area contributed by atoms with Crippen LogP contribution in [0.1, 0.15) is 4.88 Å². The van der Waals surface area contributed by atoms with E-state index < -0.39 is 0 Å². The molecule has 0 radical (unpaired) electrons. The Labute approximate surface area is 120 Å². The zero-order valence-electron chi connectivity index (χ0n) is 11.1. The standard InChI is InChI=1S/C13H14N2O4S/c1-18-10-5-9(6-11(7-10)19-2)14-8-12-3-4-13(20-12)15(16)17/h3-7,14H,8H2,1-2H3. The second-order valence-corrected chi connectivity index (χ2v) is 5.10. The van der Waals surface area contributed by atoms with E-state index >= 15 is 0 Å². The summed E-state index contributed by atoms with van der Waals surface area (Å²) in [6, 6.07) is 8.71. The molecule has 106 valence electrons. The van der Waals surface area contributed by atoms with Gasteiger partial charge in [-0.3, -0.25) is 10.1 Å². The van der Waals surface area contributed by atoms with Gasteiger partial charge in [0.2, 0.25) is 0 Å². The van der Waals surface area contributed by atoms with Gasteiger partial charge in [-0.1, -0.05) is 11.3 Å². The fourth-order valence-corrected chi connectivity index (χ4v) is 2.42. The normalized spacial score (nSPS) is 10.1. The van der Waals surface area contributed by atoms with Gasteiger partial charge in [0.1, 0.15) is 11.5 Å². The van der Waals surface area contributed by atoms with Crippen molar-refractivity contribution in [3.8, 4) is 11.5 Å². The van der Waals surface area contributed by atoms with Gasteiger partial charge in [-0.2, -0.15) is 0 Å². The molecule has 0 unspecified atom stereocenters. The molecule has 0 fully saturated rings. The predicted octanol–water partition coefficient (Wildman–Crippen LogP) is 3.29. The number of rotatable bonds is 6. The second-order valence-electron chi connectivity index (χ2n) is 3.95. The van der Waals surface area contributed by atoms with Crippen LogP contribution in [0.15, 0.2) is 30.3 Å². The maximum Gasteiger partial charge on any atom is 0.324 e. The van der Waals surface area contributed by atoms with Crippen LogP contribution < -0.4 is 14.8 Å². The maximum atomic E-state index is 10.6. The highest BCUT2D eigenvalue weighted by molar-refractivity contribution is 7.15. The van der Waals surface area contributed by atoms with Gasteiger partial charge in [0.15, 0.2) is 0 Å². The number of anilines is 1. The summed E-state index contributed by atoms with van der Waals surface area (Å²) in [7, 11) is 3.17. The van der Waals surface area contributed by atoms with Gasteiger partial charge in [-0.15, -0.1) is 0 Å². The Kier molecular flexibility index (Phi) is 4.41. The summed E-state index contributed by atoms with van der Waals surface area (Å²) in [6.45, 7) is 0.509. The average molecular weight is 294 g/mol. The molecule has 20 heavy (non-hydrogen) atoms. The number of hydrogen-bond acceptors (Lipinski definition) is 6. The number of benzene rings is 1. The highest BCUT2D eigenvalue weighted by Gasteiger charge is 2.09.